The van der Waals surface area contributed by atoms with Crippen molar-refractivity contribution < 1.29 is 18.0 Å². The van der Waals surface area contributed by atoms with Crippen molar-refractivity contribution in [1.29, 1.82) is 0 Å². The molecule has 40 heavy (non-hydrogen) atoms. The fourth-order valence-electron chi connectivity index (χ4n) is 4.43. The number of carbonyl (C=O) groups excluding carboxylic acids is 2. The fourth-order valence-corrected chi connectivity index (χ4v) is 5.88. The van der Waals surface area contributed by atoms with Crippen LogP contribution in [-0.4, -0.2) is 43.3 Å². The van der Waals surface area contributed by atoms with Crippen molar-refractivity contribution in [2.75, 3.05) is 10.8 Å². The molecular weight excluding hydrogens is 522 g/mol. The molecule has 0 aliphatic heterocycles. The van der Waals surface area contributed by atoms with Crippen LogP contribution in [0.3, 0.4) is 0 Å². The Kier molecular flexibility index (Phi) is 9.79. The standard InChI is InChI=1S/C32H41N3O4S/c1-8-26-14-11-12-16-29(26)35(40(38,39)28-19-17-23(2)18-20-28)22-30(36)34(21-27-15-10-9-13-24(27)3)25(4)31(37)33-32(5,6)7/h9-20,25H,8,21-22H2,1-7H3,(H,33,37)/t25-/m0/s1. The van der Waals surface area contributed by atoms with E-state index in [1.807, 2.05) is 77.9 Å². The van der Waals surface area contributed by atoms with E-state index in [1.54, 1.807) is 43.3 Å². The number of anilines is 1. The molecule has 1 N–H and O–H groups in total. The zero-order chi connectivity index (χ0) is 29.7. The van der Waals surface area contributed by atoms with Crippen molar-refractivity contribution >= 4 is 27.5 Å². The van der Waals surface area contributed by atoms with Crippen LogP contribution < -0.4 is 9.62 Å². The van der Waals surface area contributed by atoms with Gasteiger partial charge in [0.05, 0.1) is 10.6 Å². The normalized spacial score (nSPS) is 12.5. The Morgan fingerprint density at radius 2 is 1.45 bits per heavy atom. The third-order valence-corrected chi connectivity index (χ3v) is 8.57. The highest BCUT2D eigenvalue weighted by Gasteiger charge is 2.34. The Hall–Kier alpha value is -3.65. The van der Waals surface area contributed by atoms with E-state index in [1.165, 1.54) is 9.21 Å². The van der Waals surface area contributed by atoms with Gasteiger partial charge in [-0.1, -0.05) is 67.1 Å². The van der Waals surface area contributed by atoms with Crippen molar-refractivity contribution in [2.45, 2.75) is 77.9 Å². The van der Waals surface area contributed by atoms with Crippen LogP contribution in [0.15, 0.2) is 77.7 Å². The maximum atomic E-state index is 14.1. The lowest BCUT2D eigenvalue weighted by atomic mass is 10.1. The maximum Gasteiger partial charge on any atom is 0.264 e. The lowest BCUT2D eigenvalue weighted by Crippen LogP contribution is -2.54. The SMILES string of the molecule is CCc1ccccc1N(CC(=O)N(Cc1ccccc1C)[C@@H](C)C(=O)NC(C)(C)C)S(=O)(=O)c1ccc(C)cc1. The number of amides is 2. The van der Waals surface area contributed by atoms with Crippen molar-refractivity contribution in [2.24, 2.45) is 0 Å². The summed E-state index contributed by atoms with van der Waals surface area (Å²) in [4.78, 5) is 28.9. The number of nitrogens with zero attached hydrogens (tertiary/aromatic N) is 2. The van der Waals surface area contributed by atoms with Crippen molar-refractivity contribution in [3.05, 3.63) is 95.1 Å². The van der Waals surface area contributed by atoms with Gasteiger partial charge in [-0.2, -0.15) is 0 Å². The zero-order valence-electron chi connectivity index (χ0n) is 24.6. The second-order valence-electron chi connectivity index (χ2n) is 11.2. The number of carbonyl (C=O) groups is 2. The minimum Gasteiger partial charge on any atom is -0.350 e. The van der Waals surface area contributed by atoms with E-state index in [0.717, 1.165) is 22.3 Å². The Bertz CT molecular complexity index is 1440. The number of benzene rings is 3. The fraction of sp³-hybridized carbons (Fsp3) is 0.375. The van der Waals surface area contributed by atoms with Crippen LogP contribution in [-0.2, 0) is 32.6 Å². The smallest absolute Gasteiger partial charge is 0.264 e. The van der Waals surface area contributed by atoms with Gasteiger partial charge in [0.1, 0.15) is 12.6 Å². The van der Waals surface area contributed by atoms with Gasteiger partial charge in [0, 0.05) is 12.1 Å². The van der Waals surface area contributed by atoms with Crippen LogP contribution >= 0.6 is 0 Å². The first-order valence-electron chi connectivity index (χ1n) is 13.6. The number of para-hydroxylation sites is 1. The molecule has 7 nitrogen and oxygen atoms in total. The predicted molar refractivity (Wildman–Crippen MR) is 161 cm³/mol. The summed E-state index contributed by atoms with van der Waals surface area (Å²) in [7, 11) is -4.10. The van der Waals surface area contributed by atoms with Crippen LogP contribution in [0.5, 0.6) is 0 Å². The van der Waals surface area contributed by atoms with Gasteiger partial charge in [-0.25, -0.2) is 8.42 Å². The topological polar surface area (TPSA) is 86.8 Å². The monoisotopic (exact) mass is 563 g/mol. The second-order valence-corrected chi connectivity index (χ2v) is 13.0. The molecule has 3 aromatic rings. The van der Waals surface area contributed by atoms with Gasteiger partial charge in [-0.3, -0.25) is 13.9 Å². The third kappa shape index (κ3) is 7.50. The zero-order valence-corrected chi connectivity index (χ0v) is 25.4. The number of sulfonamides is 1. The number of aryl methyl sites for hydroxylation is 3. The molecule has 0 bridgehead atoms. The average Bonchev–Trinajstić information content (AvgIpc) is 2.90. The molecule has 0 aromatic heterocycles. The largest absolute Gasteiger partial charge is 0.350 e. The van der Waals surface area contributed by atoms with Crippen molar-refractivity contribution in [3.8, 4) is 0 Å². The minimum absolute atomic E-state index is 0.0979. The van der Waals surface area contributed by atoms with E-state index in [-0.39, 0.29) is 17.3 Å². The summed E-state index contributed by atoms with van der Waals surface area (Å²) >= 11 is 0. The molecule has 3 aromatic carbocycles. The van der Waals surface area contributed by atoms with E-state index >= 15 is 0 Å². The second kappa shape index (κ2) is 12.7. The molecular formula is C32H41N3O4S. The maximum absolute atomic E-state index is 14.1. The number of hydrogen-bond acceptors (Lipinski definition) is 4. The summed E-state index contributed by atoms with van der Waals surface area (Å²) in [5, 5.41) is 2.95. The van der Waals surface area contributed by atoms with Crippen LogP contribution in [0.25, 0.3) is 0 Å². The summed E-state index contributed by atoms with van der Waals surface area (Å²) < 4.78 is 29.3. The molecule has 0 saturated heterocycles. The molecule has 8 heteroatoms. The van der Waals surface area contributed by atoms with Gasteiger partial charge in [0.2, 0.25) is 11.8 Å². The Morgan fingerprint density at radius 1 is 0.875 bits per heavy atom. The molecule has 0 saturated carbocycles. The van der Waals surface area contributed by atoms with Crippen LogP contribution in [0.2, 0.25) is 0 Å². The van der Waals surface area contributed by atoms with Gasteiger partial charge < -0.3 is 10.2 Å². The molecule has 0 spiro atoms. The summed E-state index contributed by atoms with van der Waals surface area (Å²) in [5.74, 6) is -0.780. The van der Waals surface area contributed by atoms with Gasteiger partial charge in [0.25, 0.3) is 10.0 Å². The summed E-state index contributed by atoms with van der Waals surface area (Å²) in [6.45, 7) is 12.8. The van der Waals surface area contributed by atoms with Gasteiger partial charge in [-0.05, 0) is 82.9 Å². The highest BCUT2D eigenvalue weighted by molar-refractivity contribution is 7.92. The molecule has 0 fully saturated rings. The molecule has 0 heterocycles. The first kappa shape index (κ1) is 30.9. The quantitative estimate of drug-likeness (QED) is 0.358. The van der Waals surface area contributed by atoms with E-state index in [9.17, 15) is 18.0 Å². The highest BCUT2D eigenvalue weighted by atomic mass is 32.2. The summed E-state index contributed by atoms with van der Waals surface area (Å²) in [6, 6.07) is 20.6. The lowest BCUT2D eigenvalue weighted by Gasteiger charge is -2.34. The highest BCUT2D eigenvalue weighted by Crippen LogP contribution is 2.28. The van der Waals surface area contributed by atoms with Crippen molar-refractivity contribution in [1.82, 2.24) is 10.2 Å². The van der Waals surface area contributed by atoms with Gasteiger partial charge in [-0.15, -0.1) is 0 Å². The van der Waals surface area contributed by atoms with E-state index in [4.69, 9.17) is 0 Å². The molecule has 214 valence electrons. The van der Waals surface area contributed by atoms with Crippen LogP contribution in [0, 0.1) is 13.8 Å². The first-order valence-corrected chi connectivity index (χ1v) is 15.0. The van der Waals surface area contributed by atoms with Gasteiger partial charge in [0.15, 0.2) is 0 Å². The summed E-state index contributed by atoms with van der Waals surface area (Å²) in [6.07, 6.45) is 0.585. The average molecular weight is 564 g/mol. The third-order valence-electron chi connectivity index (χ3n) is 6.80. The van der Waals surface area contributed by atoms with E-state index in [0.29, 0.717) is 12.1 Å². The van der Waals surface area contributed by atoms with Crippen molar-refractivity contribution in [3.63, 3.8) is 0 Å². The number of nitrogens with one attached hydrogen (secondary N) is 1. The Balaban J connectivity index is 2.09. The molecule has 0 radical (unpaired) electrons. The molecule has 0 unspecified atom stereocenters. The molecule has 0 aliphatic carbocycles. The number of rotatable bonds is 10. The van der Waals surface area contributed by atoms with E-state index < -0.39 is 34.1 Å². The van der Waals surface area contributed by atoms with Crippen LogP contribution in [0.1, 0.15) is 56.9 Å². The minimum atomic E-state index is -4.10. The predicted octanol–water partition coefficient (Wildman–Crippen LogP) is 5.39. The first-order chi connectivity index (χ1) is 18.7. The Labute approximate surface area is 239 Å². The lowest BCUT2D eigenvalue weighted by molar-refractivity contribution is -0.140. The van der Waals surface area contributed by atoms with Crippen LogP contribution in [0.4, 0.5) is 5.69 Å². The molecule has 0 aliphatic rings. The molecule has 2 amide bonds. The molecule has 3 rings (SSSR count). The number of hydrogen-bond donors (Lipinski definition) is 1. The molecule has 1 atom stereocenters. The summed E-state index contributed by atoms with van der Waals surface area (Å²) in [5.41, 5.74) is 3.54. The van der Waals surface area contributed by atoms with E-state index in [2.05, 4.69) is 5.32 Å². The van der Waals surface area contributed by atoms with Gasteiger partial charge >= 0.3 is 0 Å². The Morgan fingerprint density at radius 3 is 2.02 bits per heavy atom.